The molecule has 1 unspecified atom stereocenters. The van der Waals surface area contributed by atoms with Gasteiger partial charge < -0.3 is 9.26 Å². The lowest BCUT2D eigenvalue weighted by Gasteiger charge is -2.02. The molecular weight excluding hydrogens is 271 g/mol. The first-order valence-electron chi connectivity index (χ1n) is 5.97. The van der Waals surface area contributed by atoms with E-state index in [4.69, 9.17) is 20.9 Å². The molecule has 0 radical (unpaired) electrons. The topological polar surface area (TPSA) is 48.2 Å². The molecule has 0 saturated heterocycles. The van der Waals surface area contributed by atoms with Crippen LogP contribution in [-0.4, -0.2) is 17.3 Å². The predicted octanol–water partition coefficient (Wildman–Crippen LogP) is 3.96. The number of hydrogen-bond donors (Lipinski definition) is 0. The van der Waals surface area contributed by atoms with E-state index in [1.54, 1.807) is 6.07 Å². The average Bonchev–Trinajstić information content (AvgIpc) is 2.88. The quantitative estimate of drug-likeness (QED) is 0.780. The van der Waals surface area contributed by atoms with E-state index in [2.05, 4.69) is 10.1 Å². The molecule has 0 fully saturated rings. The molecule has 19 heavy (non-hydrogen) atoms. The first-order valence-corrected chi connectivity index (χ1v) is 6.41. The van der Waals surface area contributed by atoms with Crippen LogP contribution < -0.4 is 4.74 Å². The van der Waals surface area contributed by atoms with Gasteiger partial charge >= 0.3 is 0 Å². The molecule has 6 heteroatoms. The Morgan fingerprint density at radius 3 is 2.89 bits per heavy atom. The Morgan fingerprint density at radius 1 is 1.47 bits per heavy atom. The van der Waals surface area contributed by atoms with Crippen LogP contribution in [0.25, 0.3) is 11.5 Å². The van der Waals surface area contributed by atoms with Crippen LogP contribution in [0.2, 0.25) is 0 Å². The number of methoxy groups -OCH3 is 1. The second kappa shape index (κ2) is 6.02. The van der Waals surface area contributed by atoms with Gasteiger partial charge in [0, 0.05) is 6.07 Å². The number of halogens is 2. The van der Waals surface area contributed by atoms with E-state index in [-0.39, 0.29) is 16.8 Å². The van der Waals surface area contributed by atoms with Crippen molar-refractivity contribution in [2.45, 2.75) is 25.1 Å². The van der Waals surface area contributed by atoms with E-state index < -0.39 is 5.82 Å². The summed E-state index contributed by atoms with van der Waals surface area (Å²) in [5, 5.41) is 3.46. The molecule has 102 valence electrons. The highest BCUT2D eigenvalue weighted by Gasteiger charge is 2.18. The molecule has 2 aromatic rings. The molecule has 1 atom stereocenters. The Balaban J connectivity index is 2.27. The summed E-state index contributed by atoms with van der Waals surface area (Å²) in [6, 6.07) is 4.43. The van der Waals surface area contributed by atoms with Gasteiger partial charge in [0.15, 0.2) is 5.82 Å². The number of rotatable bonds is 5. The Kier molecular flexibility index (Phi) is 4.37. The highest BCUT2D eigenvalue weighted by molar-refractivity contribution is 6.20. The van der Waals surface area contributed by atoms with E-state index in [0.29, 0.717) is 11.6 Å². The standard InChI is InChI=1S/C13H14ClFN2O2/c1-3-4-10(14)12-16-13(19-17-12)9-6-5-8(18-2)7-11(9)15/h5-7,10H,3-4H2,1-2H3. The maximum Gasteiger partial charge on any atom is 0.260 e. The number of hydrogen-bond acceptors (Lipinski definition) is 4. The van der Waals surface area contributed by atoms with Crippen LogP contribution in [0.1, 0.15) is 31.0 Å². The minimum atomic E-state index is -0.476. The summed E-state index contributed by atoms with van der Waals surface area (Å²) < 4.78 is 23.8. The van der Waals surface area contributed by atoms with Gasteiger partial charge in [-0.2, -0.15) is 4.98 Å². The second-order valence-corrected chi connectivity index (χ2v) is 4.59. The number of alkyl halides is 1. The summed E-state index contributed by atoms with van der Waals surface area (Å²) in [4.78, 5) is 4.12. The Labute approximate surface area is 115 Å². The van der Waals surface area contributed by atoms with Gasteiger partial charge in [-0.05, 0) is 18.6 Å². The Hall–Kier alpha value is -1.62. The first kappa shape index (κ1) is 13.8. The summed E-state index contributed by atoms with van der Waals surface area (Å²) in [6.07, 6.45) is 1.65. The van der Waals surface area contributed by atoms with Crippen molar-refractivity contribution in [3.05, 3.63) is 29.8 Å². The molecular formula is C13H14ClFN2O2. The zero-order chi connectivity index (χ0) is 13.8. The monoisotopic (exact) mass is 284 g/mol. The zero-order valence-electron chi connectivity index (χ0n) is 10.7. The molecule has 0 spiro atoms. The first-order chi connectivity index (χ1) is 9.15. The van der Waals surface area contributed by atoms with Crippen LogP contribution in [0, 0.1) is 5.82 Å². The summed E-state index contributed by atoms with van der Waals surface area (Å²) in [5.74, 6) is 0.462. The highest BCUT2D eigenvalue weighted by atomic mass is 35.5. The minimum absolute atomic E-state index is 0.122. The van der Waals surface area contributed by atoms with Gasteiger partial charge in [-0.3, -0.25) is 0 Å². The number of benzene rings is 1. The van der Waals surface area contributed by atoms with Crippen molar-refractivity contribution in [1.82, 2.24) is 10.1 Å². The molecule has 0 N–H and O–H groups in total. The van der Waals surface area contributed by atoms with Crippen molar-refractivity contribution in [3.63, 3.8) is 0 Å². The van der Waals surface area contributed by atoms with Gasteiger partial charge in [0.25, 0.3) is 5.89 Å². The molecule has 0 amide bonds. The summed E-state index contributed by atoms with van der Waals surface area (Å²) in [7, 11) is 1.47. The molecule has 2 rings (SSSR count). The molecule has 0 bridgehead atoms. The molecule has 0 aliphatic heterocycles. The lowest BCUT2D eigenvalue weighted by atomic mass is 10.2. The van der Waals surface area contributed by atoms with E-state index >= 15 is 0 Å². The largest absolute Gasteiger partial charge is 0.497 e. The van der Waals surface area contributed by atoms with Crippen molar-refractivity contribution in [2.75, 3.05) is 7.11 Å². The van der Waals surface area contributed by atoms with E-state index in [9.17, 15) is 4.39 Å². The SMILES string of the molecule is CCCC(Cl)c1noc(-c2ccc(OC)cc2F)n1. The predicted molar refractivity (Wildman–Crippen MR) is 69.7 cm³/mol. The molecule has 0 aliphatic rings. The van der Waals surface area contributed by atoms with Crippen molar-refractivity contribution < 1.29 is 13.7 Å². The van der Waals surface area contributed by atoms with Gasteiger partial charge in [-0.25, -0.2) is 4.39 Å². The van der Waals surface area contributed by atoms with Gasteiger partial charge in [0.2, 0.25) is 0 Å². The summed E-state index contributed by atoms with van der Waals surface area (Å²) in [5.41, 5.74) is 0.236. The van der Waals surface area contributed by atoms with Crippen LogP contribution in [0.15, 0.2) is 22.7 Å². The van der Waals surface area contributed by atoms with Crippen LogP contribution in [0.5, 0.6) is 5.75 Å². The van der Waals surface area contributed by atoms with E-state index in [0.717, 1.165) is 12.8 Å². The third-order valence-electron chi connectivity index (χ3n) is 2.67. The van der Waals surface area contributed by atoms with Gasteiger partial charge in [0.05, 0.1) is 18.1 Å². The maximum atomic E-state index is 13.8. The maximum absolute atomic E-state index is 13.8. The lowest BCUT2D eigenvalue weighted by molar-refractivity contribution is 0.408. The third-order valence-corrected chi connectivity index (χ3v) is 3.08. The normalized spacial score (nSPS) is 12.4. The molecule has 4 nitrogen and oxygen atoms in total. The van der Waals surface area contributed by atoms with Crippen LogP contribution >= 0.6 is 11.6 Å². The van der Waals surface area contributed by atoms with Crippen LogP contribution in [-0.2, 0) is 0 Å². The van der Waals surface area contributed by atoms with Crippen molar-refractivity contribution in [1.29, 1.82) is 0 Å². The van der Waals surface area contributed by atoms with Gasteiger partial charge in [0.1, 0.15) is 11.6 Å². The molecule has 1 aromatic carbocycles. The lowest BCUT2D eigenvalue weighted by Crippen LogP contribution is -1.93. The number of ether oxygens (including phenoxy) is 1. The van der Waals surface area contributed by atoms with Crippen molar-refractivity contribution in [3.8, 4) is 17.2 Å². The van der Waals surface area contributed by atoms with Crippen molar-refractivity contribution >= 4 is 11.6 Å². The van der Waals surface area contributed by atoms with E-state index in [1.807, 2.05) is 6.92 Å². The summed E-state index contributed by atoms with van der Waals surface area (Å²) in [6.45, 7) is 2.01. The molecule has 0 saturated carbocycles. The molecule has 1 aromatic heterocycles. The van der Waals surface area contributed by atoms with Gasteiger partial charge in [-0.15, -0.1) is 11.6 Å². The fraction of sp³-hybridized carbons (Fsp3) is 0.385. The Morgan fingerprint density at radius 2 is 2.26 bits per heavy atom. The smallest absolute Gasteiger partial charge is 0.260 e. The second-order valence-electron chi connectivity index (χ2n) is 4.06. The Bertz CT molecular complexity index is 559. The zero-order valence-corrected chi connectivity index (χ0v) is 11.4. The van der Waals surface area contributed by atoms with Crippen molar-refractivity contribution in [2.24, 2.45) is 0 Å². The minimum Gasteiger partial charge on any atom is -0.497 e. The third kappa shape index (κ3) is 3.04. The van der Waals surface area contributed by atoms with Gasteiger partial charge in [-0.1, -0.05) is 18.5 Å². The number of aromatic nitrogens is 2. The summed E-state index contributed by atoms with van der Waals surface area (Å²) >= 11 is 6.10. The highest BCUT2D eigenvalue weighted by Crippen LogP contribution is 2.28. The van der Waals surface area contributed by atoms with Crippen LogP contribution in [0.4, 0.5) is 4.39 Å². The molecule has 1 heterocycles. The van der Waals surface area contributed by atoms with Crippen LogP contribution in [0.3, 0.4) is 0 Å². The molecule has 0 aliphatic carbocycles. The number of nitrogens with zero attached hydrogens (tertiary/aromatic N) is 2. The average molecular weight is 285 g/mol. The fourth-order valence-corrected chi connectivity index (χ4v) is 1.96. The van der Waals surface area contributed by atoms with E-state index in [1.165, 1.54) is 19.2 Å². The fourth-order valence-electron chi connectivity index (χ4n) is 1.65.